The largest absolute Gasteiger partial charge is 0.489 e. The fourth-order valence-corrected chi connectivity index (χ4v) is 4.36. The molecule has 3 aromatic rings. The van der Waals surface area contributed by atoms with E-state index >= 15 is 0 Å². The second kappa shape index (κ2) is 6.61. The lowest BCUT2D eigenvalue weighted by molar-refractivity contribution is 0.0353. The van der Waals surface area contributed by atoms with E-state index in [2.05, 4.69) is 15.0 Å². The molecular weight excluding hydrogens is 340 g/mol. The molecule has 2 aromatic heterocycles. The van der Waals surface area contributed by atoms with Gasteiger partial charge in [0, 0.05) is 31.1 Å². The van der Waals surface area contributed by atoms with Crippen LogP contribution in [0.15, 0.2) is 55.0 Å². The van der Waals surface area contributed by atoms with E-state index in [1.807, 2.05) is 41.3 Å². The Bertz CT molecular complexity index is 964. The maximum atomic E-state index is 13.1. The second-order valence-corrected chi connectivity index (χ2v) is 7.24. The Morgan fingerprint density at radius 2 is 1.78 bits per heavy atom. The van der Waals surface area contributed by atoms with Crippen LogP contribution < -0.4 is 4.74 Å². The maximum absolute atomic E-state index is 13.1. The Morgan fingerprint density at radius 1 is 1.00 bits per heavy atom. The number of ether oxygens (including phenoxy) is 1. The van der Waals surface area contributed by atoms with Crippen molar-refractivity contribution in [3.63, 3.8) is 0 Å². The van der Waals surface area contributed by atoms with Crippen molar-refractivity contribution in [3.8, 4) is 5.75 Å². The number of carbonyl (C=O) groups is 1. The van der Waals surface area contributed by atoms with Gasteiger partial charge in [-0.2, -0.15) is 0 Å². The van der Waals surface area contributed by atoms with Crippen LogP contribution in [0, 0.1) is 0 Å². The third-order valence-corrected chi connectivity index (χ3v) is 5.53. The summed E-state index contributed by atoms with van der Waals surface area (Å²) in [5, 5.41) is 0. The predicted octanol–water partition coefficient (Wildman–Crippen LogP) is 3.24. The summed E-state index contributed by atoms with van der Waals surface area (Å²) >= 11 is 0. The van der Waals surface area contributed by atoms with Gasteiger partial charge in [-0.15, -0.1) is 0 Å². The standard InChI is InChI=1S/C21H20N4O2/c26-21(20-13-23-18-5-1-2-6-19(18)24-20)25-14-7-8-15(25)11-17(10-14)27-16-4-3-9-22-12-16/h1-6,9,12-15,17H,7-8,10-11H2. The molecule has 0 aliphatic carbocycles. The van der Waals surface area contributed by atoms with Gasteiger partial charge in [0.15, 0.2) is 0 Å². The van der Waals surface area contributed by atoms with Gasteiger partial charge >= 0.3 is 0 Å². The van der Waals surface area contributed by atoms with E-state index in [1.165, 1.54) is 0 Å². The lowest BCUT2D eigenvalue weighted by Gasteiger charge is -2.38. The van der Waals surface area contributed by atoms with Gasteiger partial charge in [-0.1, -0.05) is 12.1 Å². The van der Waals surface area contributed by atoms with Gasteiger partial charge in [0.1, 0.15) is 17.5 Å². The molecule has 1 amide bonds. The van der Waals surface area contributed by atoms with Crippen molar-refractivity contribution in [1.29, 1.82) is 0 Å². The van der Waals surface area contributed by atoms with E-state index in [0.717, 1.165) is 42.5 Å². The quantitative estimate of drug-likeness (QED) is 0.717. The Hall–Kier alpha value is -3.02. The van der Waals surface area contributed by atoms with Gasteiger partial charge < -0.3 is 9.64 Å². The molecule has 1 aromatic carbocycles. The second-order valence-electron chi connectivity index (χ2n) is 7.24. The number of aromatic nitrogens is 3. The van der Waals surface area contributed by atoms with Crippen molar-refractivity contribution in [1.82, 2.24) is 19.9 Å². The molecule has 6 heteroatoms. The minimum atomic E-state index is -0.0134. The van der Waals surface area contributed by atoms with E-state index in [4.69, 9.17) is 4.74 Å². The van der Waals surface area contributed by atoms with Crippen LogP contribution in [0.3, 0.4) is 0 Å². The van der Waals surface area contributed by atoms with Crippen molar-refractivity contribution in [2.75, 3.05) is 0 Å². The van der Waals surface area contributed by atoms with Crippen molar-refractivity contribution in [2.24, 2.45) is 0 Å². The third-order valence-electron chi connectivity index (χ3n) is 5.53. The van der Waals surface area contributed by atoms with Crippen LogP contribution in [0.5, 0.6) is 5.75 Å². The third kappa shape index (κ3) is 3.01. The van der Waals surface area contributed by atoms with Crippen LogP contribution in [-0.2, 0) is 0 Å². The summed E-state index contributed by atoms with van der Waals surface area (Å²) in [6, 6.07) is 11.8. The van der Waals surface area contributed by atoms with Crippen molar-refractivity contribution < 1.29 is 9.53 Å². The average Bonchev–Trinajstić information content (AvgIpc) is 2.98. The van der Waals surface area contributed by atoms with E-state index in [-0.39, 0.29) is 24.1 Å². The highest BCUT2D eigenvalue weighted by Crippen LogP contribution is 2.38. The summed E-state index contributed by atoms with van der Waals surface area (Å²) in [5.74, 6) is 0.780. The lowest BCUT2D eigenvalue weighted by Crippen LogP contribution is -2.49. The smallest absolute Gasteiger partial charge is 0.274 e. The molecule has 2 atom stereocenters. The Morgan fingerprint density at radius 3 is 2.52 bits per heavy atom. The topological polar surface area (TPSA) is 68.2 Å². The number of amides is 1. The van der Waals surface area contributed by atoms with Gasteiger partial charge in [0.2, 0.25) is 0 Å². The van der Waals surface area contributed by atoms with Crippen LogP contribution >= 0.6 is 0 Å². The summed E-state index contributed by atoms with van der Waals surface area (Å²) in [6.45, 7) is 0. The summed E-state index contributed by atoms with van der Waals surface area (Å²) in [4.78, 5) is 28.2. The molecule has 5 rings (SSSR count). The van der Waals surface area contributed by atoms with Crippen LogP contribution in [0.2, 0.25) is 0 Å². The molecule has 4 heterocycles. The number of rotatable bonds is 3. The molecule has 2 bridgehead atoms. The summed E-state index contributed by atoms with van der Waals surface area (Å²) in [6.07, 6.45) is 8.93. The lowest BCUT2D eigenvalue weighted by atomic mass is 9.99. The molecule has 2 aliphatic rings. The van der Waals surface area contributed by atoms with Gasteiger partial charge in [-0.25, -0.2) is 4.98 Å². The minimum Gasteiger partial charge on any atom is -0.489 e. The molecule has 0 N–H and O–H groups in total. The fraction of sp³-hybridized carbons (Fsp3) is 0.333. The molecule has 2 saturated heterocycles. The van der Waals surface area contributed by atoms with Crippen LogP contribution in [0.1, 0.15) is 36.2 Å². The Kier molecular flexibility index (Phi) is 3.96. The first-order valence-electron chi connectivity index (χ1n) is 9.39. The number of benzene rings is 1. The molecule has 136 valence electrons. The number of piperidine rings is 1. The molecule has 2 fully saturated rings. The van der Waals surface area contributed by atoms with Gasteiger partial charge in [0.25, 0.3) is 5.91 Å². The summed E-state index contributed by atoms with van der Waals surface area (Å²) in [7, 11) is 0. The van der Waals surface area contributed by atoms with E-state index in [1.54, 1.807) is 18.6 Å². The highest BCUT2D eigenvalue weighted by molar-refractivity contribution is 5.94. The van der Waals surface area contributed by atoms with Crippen molar-refractivity contribution in [3.05, 3.63) is 60.7 Å². The van der Waals surface area contributed by atoms with Gasteiger partial charge in [-0.3, -0.25) is 14.8 Å². The summed E-state index contributed by atoms with van der Waals surface area (Å²) in [5.41, 5.74) is 1.99. The normalized spacial score (nSPS) is 24.1. The van der Waals surface area contributed by atoms with Crippen molar-refractivity contribution >= 4 is 16.9 Å². The number of hydrogen-bond acceptors (Lipinski definition) is 5. The first kappa shape index (κ1) is 16.2. The molecule has 2 aliphatic heterocycles. The minimum absolute atomic E-state index is 0.0134. The molecule has 0 radical (unpaired) electrons. The van der Waals surface area contributed by atoms with Gasteiger partial charge in [0.05, 0.1) is 23.4 Å². The number of para-hydroxylation sites is 2. The first-order chi connectivity index (χ1) is 13.3. The number of carbonyl (C=O) groups excluding carboxylic acids is 1. The van der Waals surface area contributed by atoms with Crippen molar-refractivity contribution in [2.45, 2.75) is 43.9 Å². The molecule has 27 heavy (non-hydrogen) atoms. The molecule has 0 saturated carbocycles. The van der Waals surface area contributed by atoms with E-state index in [9.17, 15) is 4.79 Å². The monoisotopic (exact) mass is 360 g/mol. The zero-order valence-corrected chi connectivity index (χ0v) is 14.9. The zero-order valence-electron chi connectivity index (χ0n) is 14.9. The highest BCUT2D eigenvalue weighted by atomic mass is 16.5. The highest BCUT2D eigenvalue weighted by Gasteiger charge is 2.44. The SMILES string of the molecule is O=C(c1cnc2ccccc2n1)N1C2CCC1CC(Oc1cccnc1)C2. The Labute approximate surface area is 157 Å². The number of hydrogen-bond donors (Lipinski definition) is 0. The molecule has 2 unspecified atom stereocenters. The predicted molar refractivity (Wildman–Crippen MR) is 100 cm³/mol. The molecule has 0 spiro atoms. The number of nitrogens with zero attached hydrogens (tertiary/aromatic N) is 4. The van der Waals surface area contributed by atoms with Crippen LogP contribution in [0.25, 0.3) is 11.0 Å². The van der Waals surface area contributed by atoms with Crippen LogP contribution in [-0.4, -0.2) is 43.9 Å². The summed E-state index contributed by atoms with van der Waals surface area (Å²) < 4.78 is 6.10. The first-order valence-corrected chi connectivity index (χ1v) is 9.39. The zero-order chi connectivity index (χ0) is 18.2. The maximum Gasteiger partial charge on any atom is 0.274 e. The Balaban J connectivity index is 1.34. The fourth-order valence-electron chi connectivity index (χ4n) is 4.36. The van der Waals surface area contributed by atoms with E-state index < -0.39 is 0 Å². The molecule has 6 nitrogen and oxygen atoms in total. The van der Waals surface area contributed by atoms with Gasteiger partial charge in [-0.05, 0) is 37.1 Å². The van der Waals surface area contributed by atoms with Crippen LogP contribution in [0.4, 0.5) is 0 Å². The number of fused-ring (bicyclic) bond motifs is 3. The average molecular weight is 360 g/mol. The number of pyridine rings is 1. The molecular formula is C21H20N4O2. The van der Waals surface area contributed by atoms with E-state index in [0.29, 0.717) is 5.69 Å².